The summed E-state index contributed by atoms with van der Waals surface area (Å²) in [4.78, 5) is 42.0. The van der Waals surface area contributed by atoms with Crippen molar-refractivity contribution in [2.75, 3.05) is 11.4 Å². The molecule has 2 aromatic rings. The first-order chi connectivity index (χ1) is 12.9. The van der Waals surface area contributed by atoms with Crippen LogP contribution in [0.15, 0.2) is 54.6 Å². The van der Waals surface area contributed by atoms with Crippen molar-refractivity contribution < 1.29 is 14.4 Å². The summed E-state index contributed by atoms with van der Waals surface area (Å²) < 4.78 is 0. The Balaban J connectivity index is 1.78. The molecule has 1 saturated heterocycles. The fraction of sp³-hybridized carbons (Fsp3) is 0.286. The molecule has 27 heavy (non-hydrogen) atoms. The van der Waals surface area contributed by atoms with E-state index < -0.39 is 23.4 Å². The van der Waals surface area contributed by atoms with Gasteiger partial charge in [0.15, 0.2) is 0 Å². The van der Waals surface area contributed by atoms with Crippen molar-refractivity contribution in [1.29, 1.82) is 0 Å². The number of imide groups is 1. The van der Waals surface area contributed by atoms with Gasteiger partial charge in [-0.3, -0.25) is 14.5 Å². The second kappa shape index (κ2) is 6.23. The van der Waals surface area contributed by atoms with Gasteiger partial charge in [-0.05, 0) is 17.5 Å². The number of hydrogen-bond acceptors (Lipinski definition) is 3. The summed E-state index contributed by atoms with van der Waals surface area (Å²) in [6, 6.07) is 16.2. The number of anilines is 1. The van der Waals surface area contributed by atoms with E-state index in [2.05, 4.69) is 5.32 Å². The lowest BCUT2D eigenvalue weighted by molar-refractivity contribution is -0.138. The largest absolute Gasteiger partial charge is 0.325 e. The molecule has 2 heterocycles. The number of nitrogens with one attached hydrogen (secondary N) is 1. The van der Waals surface area contributed by atoms with E-state index in [0.29, 0.717) is 17.8 Å². The van der Waals surface area contributed by atoms with E-state index in [1.54, 1.807) is 17.0 Å². The third-order valence-corrected chi connectivity index (χ3v) is 5.00. The van der Waals surface area contributed by atoms with Gasteiger partial charge >= 0.3 is 6.03 Å². The van der Waals surface area contributed by atoms with Crippen LogP contribution in [-0.2, 0) is 21.7 Å². The Morgan fingerprint density at radius 2 is 1.52 bits per heavy atom. The highest BCUT2D eigenvalue weighted by Gasteiger charge is 2.63. The Bertz CT molecular complexity index is 925. The molecule has 0 bridgehead atoms. The number of rotatable bonds is 4. The molecule has 0 aliphatic carbocycles. The second-order valence-corrected chi connectivity index (χ2v) is 7.38. The van der Waals surface area contributed by atoms with Crippen LogP contribution in [-0.4, -0.2) is 29.3 Å². The number of benzene rings is 2. The van der Waals surface area contributed by atoms with Gasteiger partial charge in [0.2, 0.25) is 5.54 Å². The number of nitrogens with zero attached hydrogens (tertiary/aromatic N) is 2. The molecule has 1 fully saturated rings. The van der Waals surface area contributed by atoms with E-state index in [9.17, 15) is 14.4 Å². The van der Waals surface area contributed by atoms with Crippen molar-refractivity contribution >= 4 is 23.5 Å². The first-order valence-electron chi connectivity index (χ1n) is 9.04. The molecule has 1 spiro atoms. The minimum atomic E-state index is -1.66. The predicted molar refractivity (Wildman–Crippen MR) is 101 cm³/mol. The summed E-state index contributed by atoms with van der Waals surface area (Å²) in [6.45, 7) is 4.47. The molecule has 1 atom stereocenters. The quantitative estimate of drug-likeness (QED) is 0.671. The van der Waals surface area contributed by atoms with Gasteiger partial charge in [-0.25, -0.2) is 4.79 Å². The van der Waals surface area contributed by atoms with Gasteiger partial charge in [0.25, 0.3) is 11.8 Å². The monoisotopic (exact) mass is 363 g/mol. The molecule has 6 heteroatoms. The van der Waals surface area contributed by atoms with Crippen LogP contribution in [0.3, 0.4) is 0 Å². The summed E-state index contributed by atoms with van der Waals surface area (Å²) in [5.74, 6) is -0.784. The van der Waals surface area contributed by atoms with Crippen molar-refractivity contribution in [2.24, 2.45) is 5.92 Å². The summed E-state index contributed by atoms with van der Waals surface area (Å²) in [7, 11) is 0. The molecule has 0 radical (unpaired) electrons. The fourth-order valence-corrected chi connectivity index (χ4v) is 3.81. The molecule has 6 nitrogen and oxygen atoms in total. The van der Waals surface area contributed by atoms with E-state index in [4.69, 9.17) is 0 Å². The van der Waals surface area contributed by atoms with E-state index in [0.717, 1.165) is 10.5 Å². The van der Waals surface area contributed by atoms with E-state index >= 15 is 0 Å². The Kier molecular flexibility index (Phi) is 3.98. The maximum atomic E-state index is 13.4. The van der Waals surface area contributed by atoms with Crippen LogP contribution in [0.1, 0.15) is 25.0 Å². The summed E-state index contributed by atoms with van der Waals surface area (Å²) in [5.41, 5.74) is 0.493. The average molecular weight is 363 g/mol. The number of fused-ring (bicyclic) bond motifs is 2. The lowest BCUT2D eigenvalue weighted by Crippen LogP contribution is -2.52. The number of hydrogen-bond donors (Lipinski definition) is 1. The van der Waals surface area contributed by atoms with Gasteiger partial charge in [-0.15, -0.1) is 0 Å². The molecule has 1 N–H and O–H groups in total. The molecule has 4 amide bonds. The number of amides is 4. The first-order valence-corrected chi connectivity index (χ1v) is 9.04. The SMILES string of the molecule is CC(C)CN1C(=O)NC2(C1=O)C(=O)N(Cc1ccccc1)c1ccccc12. The minimum absolute atomic E-state index is 0.113. The Hall–Kier alpha value is -3.15. The van der Waals surface area contributed by atoms with Crippen LogP contribution in [0.4, 0.5) is 10.5 Å². The summed E-state index contributed by atoms with van der Waals surface area (Å²) >= 11 is 0. The number of urea groups is 1. The van der Waals surface area contributed by atoms with E-state index in [1.165, 1.54) is 0 Å². The smallest absolute Gasteiger partial charge is 0.311 e. The van der Waals surface area contributed by atoms with Gasteiger partial charge in [-0.1, -0.05) is 62.4 Å². The molecule has 138 valence electrons. The van der Waals surface area contributed by atoms with Gasteiger partial charge in [-0.2, -0.15) is 0 Å². The predicted octanol–water partition coefficient (Wildman–Crippen LogP) is 2.64. The van der Waals surface area contributed by atoms with Crippen molar-refractivity contribution in [3.63, 3.8) is 0 Å². The molecular formula is C21H21N3O3. The van der Waals surface area contributed by atoms with Gasteiger partial charge < -0.3 is 10.2 Å². The number of carbonyl (C=O) groups is 3. The number of carbonyl (C=O) groups excluding carboxylic acids is 3. The standard InChI is InChI=1S/C21H21N3O3/c1-14(2)12-24-19(26)21(22-20(24)27)16-10-6-7-11-17(16)23(18(21)25)13-15-8-4-3-5-9-15/h3-11,14H,12-13H2,1-2H3,(H,22,27). The highest BCUT2D eigenvalue weighted by atomic mass is 16.2. The Morgan fingerprint density at radius 1 is 0.889 bits per heavy atom. The zero-order valence-electron chi connectivity index (χ0n) is 15.3. The maximum Gasteiger partial charge on any atom is 0.325 e. The average Bonchev–Trinajstić information content (AvgIpc) is 3.04. The molecule has 4 rings (SSSR count). The maximum absolute atomic E-state index is 13.4. The van der Waals surface area contributed by atoms with Crippen LogP contribution in [0.5, 0.6) is 0 Å². The van der Waals surface area contributed by atoms with Crippen molar-refractivity contribution in [2.45, 2.75) is 25.9 Å². The molecular weight excluding hydrogens is 342 g/mol. The zero-order chi connectivity index (χ0) is 19.2. The van der Waals surface area contributed by atoms with Crippen LogP contribution >= 0.6 is 0 Å². The van der Waals surface area contributed by atoms with Crippen LogP contribution in [0.2, 0.25) is 0 Å². The number of para-hydroxylation sites is 1. The van der Waals surface area contributed by atoms with E-state index in [-0.39, 0.29) is 12.5 Å². The Morgan fingerprint density at radius 3 is 2.22 bits per heavy atom. The molecule has 0 saturated carbocycles. The van der Waals surface area contributed by atoms with Crippen LogP contribution < -0.4 is 10.2 Å². The lowest BCUT2D eigenvalue weighted by atomic mass is 9.91. The molecule has 2 aliphatic heterocycles. The van der Waals surface area contributed by atoms with Crippen LogP contribution in [0.25, 0.3) is 0 Å². The normalized spacial score (nSPS) is 21.4. The molecule has 2 aromatic carbocycles. The highest BCUT2D eigenvalue weighted by Crippen LogP contribution is 2.44. The molecule has 0 aromatic heterocycles. The topological polar surface area (TPSA) is 69.7 Å². The van der Waals surface area contributed by atoms with Crippen LogP contribution in [0, 0.1) is 5.92 Å². The highest BCUT2D eigenvalue weighted by molar-refractivity contribution is 6.27. The minimum Gasteiger partial charge on any atom is -0.311 e. The van der Waals surface area contributed by atoms with Crippen molar-refractivity contribution in [3.05, 3.63) is 65.7 Å². The molecule has 1 unspecified atom stereocenters. The lowest BCUT2D eigenvalue weighted by Gasteiger charge is -2.22. The zero-order valence-corrected chi connectivity index (χ0v) is 15.3. The van der Waals surface area contributed by atoms with Gasteiger partial charge in [0.05, 0.1) is 12.2 Å². The van der Waals surface area contributed by atoms with E-state index in [1.807, 2.05) is 56.3 Å². The third kappa shape index (κ3) is 2.51. The third-order valence-electron chi connectivity index (χ3n) is 5.00. The summed E-state index contributed by atoms with van der Waals surface area (Å²) in [5, 5.41) is 2.70. The summed E-state index contributed by atoms with van der Waals surface area (Å²) in [6.07, 6.45) is 0. The van der Waals surface area contributed by atoms with Crippen molar-refractivity contribution in [3.8, 4) is 0 Å². The fourth-order valence-electron chi connectivity index (χ4n) is 3.81. The first kappa shape index (κ1) is 17.3. The molecule has 2 aliphatic rings. The van der Waals surface area contributed by atoms with Gasteiger partial charge in [0.1, 0.15) is 0 Å². The Labute approximate surface area is 157 Å². The van der Waals surface area contributed by atoms with Crippen molar-refractivity contribution in [1.82, 2.24) is 10.2 Å². The van der Waals surface area contributed by atoms with Gasteiger partial charge in [0, 0.05) is 12.1 Å². The second-order valence-electron chi connectivity index (χ2n) is 7.38.